The SMILES string of the molecule is C[C@H](O)[C@H](N)c1cc([N+](=O)[O-])ccc1Cl.Cl. The molecule has 0 saturated carbocycles. The van der Waals surface area contributed by atoms with Crippen molar-refractivity contribution in [2.45, 2.75) is 19.1 Å². The summed E-state index contributed by atoms with van der Waals surface area (Å²) in [7, 11) is 0. The zero-order chi connectivity index (χ0) is 11.6. The zero-order valence-corrected chi connectivity index (χ0v) is 10.0. The number of non-ortho nitro benzene ring substituents is 1. The first-order valence-electron chi connectivity index (χ1n) is 4.31. The van der Waals surface area contributed by atoms with Crippen molar-refractivity contribution in [1.82, 2.24) is 0 Å². The van der Waals surface area contributed by atoms with Crippen molar-refractivity contribution in [1.29, 1.82) is 0 Å². The lowest BCUT2D eigenvalue weighted by Crippen LogP contribution is -2.23. The molecule has 5 nitrogen and oxygen atoms in total. The number of nitro groups is 1. The summed E-state index contributed by atoms with van der Waals surface area (Å²) in [4.78, 5) is 9.98. The number of aliphatic hydroxyl groups excluding tert-OH is 1. The quantitative estimate of drug-likeness (QED) is 0.647. The molecule has 16 heavy (non-hydrogen) atoms. The van der Waals surface area contributed by atoms with E-state index >= 15 is 0 Å². The van der Waals surface area contributed by atoms with Crippen LogP contribution < -0.4 is 5.73 Å². The van der Waals surface area contributed by atoms with E-state index in [-0.39, 0.29) is 18.1 Å². The average Bonchev–Trinajstić information content (AvgIpc) is 2.16. The lowest BCUT2D eigenvalue weighted by molar-refractivity contribution is -0.384. The Kier molecular flexibility index (Phi) is 5.67. The van der Waals surface area contributed by atoms with Crippen LogP contribution in [0.25, 0.3) is 0 Å². The van der Waals surface area contributed by atoms with E-state index in [0.29, 0.717) is 10.6 Å². The topological polar surface area (TPSA) is 89.4 Å². The Morgan fingerprint density at radius 2 is 2.12 bits per heavy atom. The summed E-state index contributed by atoms with van der Waals surface area (Å²) in [5, 5.41) is 20.1. The number of aliphatic hydroxyl groups is 1. The van der Waals surface area contributed by atoms with E-state index in [4.69, 9.17) is 17.3 Å². The largest absolute Gasteiger partial charge is 0.391 e. The summed E-state index contributed by atoms with van der Waals surface area (Å²) in [6, 6.07) is 3.25. The molecule has 0 aliphatic carbocycles. The van der Waals surface area contributed by atoms with Crippen molar-refractivity contribution in [3.63, 3.8) is 0 Å². The smallest absolute Gasteiger partial charge is 0.269 e. The van der Waals surface area contributed by atoms with E-state index in [9.17, 15) is 15.2 Å². The maximum absolute atomic E-state index is 10.5. The van der Waals surface area contributed by atoms with Gasteiger partial charge >= 0.3 is 0 Å². The first-order chi connectivity index (χ1) is 6.93. The Bertz CT molecular complexity index is 385. The number of benzene rings is 1. The number of nitrogens with zero attached hydrogens (tertiary/aromatic N) is 1. The van der Waals surface area contributed by atoms with Crippen molar-refractivity contribution >= 4 is 29.7 Å². The van der Waals surface area contributed by atoms with E-state index in [1.165, 1.54) is 25.1 Å². The van der Waals surface area contributed by atoms with Gasteiger partial charge in [-0.2, -0.15) is 0 Å². The monoisotopic (exact) mass is 266 g/mol. The highest BCUT2D eigenvalue weighted by Gasteiger charge is 2.18. The van der Waals surface area contributed by atoms with Gasteiger partial charge in [0.05, 0.1) is 17.1 Å². The molecular weight excluding hydrogens is 255 g/mol. The molecule has 0 spiro atoms. The van der Waals surface area contributed by atoms with Gasteiger partial charge in [0.1, 0.15) is 0 Å². The Morgan fingerprint density at radius 1 is 1.56 bits per heavy atom. The molecule has 0 fully saturated rings. The van der Waals surface area contributed by atoms with Crippen LogP contribution in [0.3, 0.4) is 0 Å². The van der Waals surface area contributed by atoms with Gasteiger partial charge in [-0.1, -0.05) is 11.6 Å². The van der Waals surface area contributed by atoms with Crippen LogP contribution in [0.5, 0.6) is 0 Å². The van der Waals surface area contributed by atoms with Crippen molar-refractivity contribution in [2.24, 2.45) is 5.73 Å². The van der Waals surface area contributed by atoms with Crippen LogP contribution in [0.15, 0.2) is 18.2 Å². The van der Waals surface area contributed by atoms with Gasteiger partial charge in [0, 0.05) is 17.2 Å². The molecule has 1 rings (SSSR count). The molecule has 2 atom stereocenters. The van der Waals surface area contributed by atoms with Crippen LogP contribution >= 0.6 is 24.0 Å². The van der Waals surface area contributed by atoms with Gasteiger partial charge in [0.15, 0.2) is 0 Å². The first kappa shape index (κ1) is 15.1. The van der Waals surface area contributed by atoms with Gasteiger partial charge in [-0.05, 0) is 18.6 Å². The first-order valence-corrected chi connectivity index (χ1v) is 4.68. The van der Waals surface area contributed by atoms with Crippen LogP contribution in [0, 0.1) is 10.1 Å². The molecule has 0 unspecified atom stereocenters. The highest BCUT2D eigenvalue weighted by molar-refractivity contribution is 6.31. The van der Waals surface area contributed by atoms with Crippen molar-refractivity contribution < 1.29 is 10.0 Å². The molecule has 0 aliphatic heterocycles. The predicted octanol–water partition coefficient (Wildman–Crippen LogP) is 2.05. The number of nitrogens with two attached hydrogens (primary N) is 1. The third kappa shape index (κ3) is 3.31. The fourth-order valence-electron chi connectivity index (χ4n) is 1.16. The number of rotatable bonds is 3. The normalized spacial score (nSPS) is 13.8. The van der Waals surface area contributed by atoms with Gasteiger partial charge in [-0.15, -0.1) is 12.4 Å². The molecule has 0 amide bonds. The molecule has 1 aromatic carbocycles. The lowest BCUT2D eigenvalue weighted by atomic mass is 10.0. The van der Waals surface area contributed by atoms with E-state index in [1.807, 2.05) is 0 Å². The van der Waals surface area contributed by atoms with Crippen LogP contribution in [0.2, 0.25) is 5.02 Å². The predicted molar refractivity (Wildman–Crippen MR) is 64.0 cm³/mol. The van der Waals surface area contributed by atoms with Gasteiger partial charge in [-0.25, -0.2) is 0 Å². The maximum atomic E-state index is 10.5. The highest BCUT2D eigenvalue weighted by atomic mass is 35.5. The Labute approximate surface area is 104 Å². The molecule has 0 heterocycles. The molecule has 90 valence electrons. The lowest BCUT2D eigenvalue weighted by Gasteiger charge is -2.16. The van der Waals surface area contributed by atoms with Crippen LogP contribution in [-0.4, -0.2) is 16.1 Å². The minimum Gasteiger partial charge on any atom is -0.391 e. The maximum Gasteiger partial charge on any atom is 0.269 e. The van der Waals surface area contributed by atoms with E-state index in [2.05, 4.69) is 0 Å². The third-order valence-corrected chi connectivity index (χ3v) is 2.41. The zero-order valence-electron chi connectivity index (χ0n) is 8.46. The average molecular weight is 267 g/mol. The second kappa shape index (κ2) is 6.00. The molecule has 3 N–H and O–H groups in total. The fraction of sp³-hybridized carbons (Fsp3) is 0.333. The summed E-state index contributed by atoms with van der Waals surface area (Å²) < 4.78 is 0. The second-order valence-corrected chi connectivity index (χ2v) is 3.64. The second-order valence-electron chi connectivity index (χ2n) is 3.23. The van der Waals surface area contributed by atoms with Crippen LogP contribution in [0.1, 0.15) is 18.5 Å². The van der Waals surface area contributed by atoms with Crippen molar-refractivity contribution in [3.8, 4) is 0 Å². The number of halogens is 2. The van der Waals surface area contributed by atoms with Crippen LogP contribution in [-0.2, 0) is 0 Å². The minimum atomic E-state index is -0.815. The minimum absolute atomic E-state index is 0. The standard InChI is InChI=1S/C9H11ClN2O3.ClH/c1-5(13)9(11)7-4-6(12(14)15)2-3-8(7)10;/h2-5,9,13H,11H2,1H3;1H/t5-,9-;/m0./s1. The molecule has 0 aliphatic rings. The molecule has 0 radical (unpaired) electrons. The summed E-state index contributed by atoms with van der Waals surface area (Å²) in [5.74, 6) is 0. The molecular formula is C9H12Cl2N2O3. The Morgan fingerprint density at radius 3 is 2.56 bits per heavy atom. The number of nitro benzene ring substituents is 1. The van der Waals surface area contributed by atoms with Crippen molar-refractivity contribution in [2.75, 3.05) is 0 Å². The Hall–Kier alpha value is -0.880. The Balaban J connectivity index is 0.00000225. The summed E-state index contributed by atoms with van der Waals surface area (Å²) in [6.45, 7) is 1.50. The summed E-state index contributed by atoms with van der Waals surface area (Å²) in [6.07, 6.45) is -0.815. The van der Waals surface area contributed by atoms with E-state index in [0.717, 1.165) is 0 Å². The molecule has 7 heteroatoms. The van der Waals surface area contributed by atoms with Gasteiger partial charge in [0.2, 0.25) is 0 Å². The fourth-order valence-corrected chi connectivity index (χ4v) is 1.40. The molecule has 0 aromatic heterocycles. The van der Waals surface area contributed by atoms with E-state index < -0.39 is 17.1 Å². The van der Waals surface area contributed by atoms with Crippen molar-refractivity contribution in [3.05, 3.63) is 38.9 Å². The van der Waals surface area contributed by atoms with Gasteiger partial charge < -0.3 is 10.8 Å². The van der Waals surface area contributed by atoms with Gasteiger partial charge in [0.25, 0.3) is 5.69 Å². The van der Waals surface area contributed by atoms with Gasteiger partial charge in [-0.3, -0.25) is 10.1 Å². The molecule has 0 bridgehead atoms. The summed E-state index contributed by atoms with van der Waals surface area (Å²) >= 11 is 5.83. The number of hydrogen-bond acceptors (Lipinski definition) is 4. The third-order valence-electron chi connectivity index (χ3n) is 2.07. The van der Waals surface area contributed by atoms with Crippen LogP contribution in [0.4, 0.5) is 5.69 Å². The molecule has 0 saturated heterocycles. The molecule has 1 aromatic rings. The summed E-state index contributed by atoms with van der Waals surface area (Å²) in [5.41, 5.74) is 5.93. The number of hydrogen-bond donors (Lipinski definition) is 2. The van der Waals surface area contributed by atoms with E-state index in [1.54, 1.807) is 0 Å². The highest BCUT2D eigenvalue weighted by Crippen LogP contribution is 2.27.